The van der Waals surface area contributed by atoms with Crippen LogP contribution in [0.25, 0.3) is 0 Å². The number of carbonyl (C=O) groups is 1. The Hall–Kier alpha value is -1.77. The molecule has 0 radical (unpaired) electrons. The van der Waals surface area contributed by atoms with E-state index in [2.05, 4.69) is 19.8 Å². The summed E-state index contributed by atoms with van der Waals surface area (Å²) in [5.74, 6) is 0.101. The average molecular weight is 308 g/mol. The van der Waals surface area contributed by atoms with Crippen molar-refractivity contribution in [2.75, 3.05) is 58.3 Å². The number of rotatable bonds is 6. The van der Waals surface area contributed by atoms with Gasteiger partial charge in [-0.15, -0.1) is 0 Å². The van der Waals surface area contributed by atoms with E-state index in [9.17, 15) is 9.90 Å². The fourth-order valence-electron chi connectivity index (χ4n) is 2.56. The molecule has 122 valence electrons. The van der Waals surface area contributed by atoms with Gasteiger partial charge < -0.3 is 20.6 Å². The zero-order valence-corrected chi connectivity index (χ0v) is 13.1. The Balaban J connectivity index is 1.87. The molecule has 3 N–H and O–H groups in total. The van der Waals surface area contributed by atoms with Gasteiger partial charge in [0.05, 0.1) is 18.5 Å². The molecule has 0 bridgehead atoms. The Morgan fingerprint density at radius 3 is 2.64 bits per heavy atom. The summed E-state index contributed by atoms with van der Waals surface area (Å²) >= 11 is 0. The van der Waals surface area contributed by atoms with Crippen molar-refractivity contribution in [1.29, 1.82) is 0 Å². The molecule has 2 rings (SSSR count). The van der Waals surface area contributed by atoms with Crippen molar-refractivity contribution in [2.45, 2.75) is 6.10 Å². The number of nitrogens with zero attached hydrogens (tertiary/aromatic N) is 5. The lowest BCUT2D eigenvalue weighted by molar-refractivity contribution is 0.0859. The van der Waals surface area contributed by atoms with E-state index in [0.29, 0.717) is 18.9 Å². The fraction of sp³-hybridized carbons (Fsp3) is 0.643. The van der Waals surface area contributed by atoms with Crippen molar-refractivity contribution in [3.8, 4) is 0 Å². The van der Waals surface area contributed by atoms with Crippen LogP contribution in [0, 0.1) is 0 Å². The molecule has 0 saturated carbocycles. The van der Waals surface area contributed by atoms with Crippen molar-refractivity contribution in [2.24, 2.45) is 5.73 Å². The second-order valence-corrected chi connectivity index (χ2v) is 5.83. The van der Waals surface area contributed by atoms with E-state index in [1.165, 1.54) is 6.20 Å². The second-order valence-electron chi connectivity index (χ2n) is 5.83. The normalized spacial score (nSPS) is 17.7. The first-order chi connectivity index (χ1) is 10.5. The summed E-state index contributed by atoms with van der Waals surface area (Å²) in [6, 6.07) is 0. The van der Waals surface area contributed by atoms with Crippen LogP contribution in [0.15, 0.2) is 12.4 Å². The molecule has 1 fully saturated rings. The number of aromatic nitrogens is 2. The standard InChI is InChI=1S/C14H24N6O2/c1-18(2)9-11(21)10-19-3-5-20(6-4-19)13-8-16-7-12(17-13)14(15)22/h7-8,11,21H,3-6,9-10H2,1-2H3,(H2,15,22)/t11-/m0/s1. The van der Waals surface area contributed by atoms with Gasteiger partial charge in [0.25, 0.3) is 5.91 Å². The maximum atomic E-state index is 11.2. The van der Waals surface area contributed by atoms with Gasteiger partial charge in [0, 0.05) is 39.3 Å². The quantitative estimate of drug-likeness (QED) is 0.668. The number of hydrogen-bond donors (Lipinski definition) is 2. The van der Waals surface area contributed by atoms with Crippen LogP contribution in [-0.4, -0.2) is 90.2 Å². The molecule has 22 heavy (non-hydrogen) atoms. The lowest BCUT2D eigenvalue weighted by Gasteiger charge is -2.36. The molecule has 8 nitrogen and oxygen atoms in total. The SMILES string of the molecule is CN(C)C[C@H](O)CN1CCN(c2cncc(C(N)=O)n2)CC1. The number of aliphatic hydroxyl groups excluding tert-OH is 1. The molecule has 0 aromatic carbocycles. The maximum absolute atomic E-state index is 11.2. The highest BCUT2D eigenvalue weighted by molar-refractivity contribution is 5.90. The zero-order chi connectivity index (χ0) is 16.1. The zero-order valence-electron chi connectivity index (χ0n) is 13.1. The van der Waals surface area contributed by atoms with Crippen LogP contribution >= 0.6 is 0 Å². The predicted octanol–water partition coefficient (Wildman–Crippen LogP) is -1.38. The molecule has 8 heteroatoms. The van der Waals surface area contributed by atoms with Crippen LogP contribution in [0.2, 0.25) is 0 Å². The third-order valence-electron chi connectivity index (χ3n) is 3.62. The lowest BCUT2D eigenvalue weighted by Crippen LogP contribution is -2.50. The number of primary amides is 1. The predicted molar refractivity (Wildman–Crippen MR) is 83.8 cm³/mol. The molecular weight excluding hydrogens is 284 g/mol. The van der Waals surface area contributed by atoms with Crippen molar-refractivity contribution in [1.82, 2.24) is 19.8 Å². The number of aliphatic hydroxyl groups is 1. The van der Waals surface area contributed by atoms with Crippen molar-refractivity contribution < 1.29 is 9.90 Å². The summed E-state index contributed by atoms with van der Waals surface area (Å²) in [7, 11) is 3.90. The van der Waals surface area contributed by atoms with Gasteiger partial charge in [0.2, 0.25) is 0 Å². The van der Waals surface area contributed by atoms with E-state index < -0.39 is 5.91 Å². The Bertz CT molecular complexity index is 502. The van der Waals surface area contributed by atoms with E-state index in [1.54, 1.807) is 6.20 Å². The summed E-state index contributed by atoms with van der Waals surface area (Å²) in [6.45, 7) is 4.57. The van der Waals surface area contributed by atoms with Crippen molar-refractivity contribution >= 4 is 11.7 Å². The van der Waals surface area contributed by atoms with Crippen LogP contribution in [0.5, 0.6) is 0 Å². The van der Waals surface area contributed by atoms with Crippen LogP contribution in [0.3, 0.4) is 0 Å². The Morgan fingerprint density at radius 1 is 1.36 bits per heavy atom. The number of nitrogens with two attached hydrogens (primary N) is 1. The highest BCUT2D eigenvalue weighted by atomic mass is 16.3. The Kier molecular flexibility index (Phi) is 5.64. The minimum absolute atomic E-state index is 0.182. The van der Waals surface area contributed by atoms with E-state index in [-0.39, 0.29) is 11.8 Å². The topological polar surface area (TPSA) is 98.8 Å². The van der Waals surface area contributed by atoms with Crippen LogP contribution in [-0.2, 0) is 0 Å². The molecular formula is C14H24N6O2. The van der Waals surface area contributed by atoms with Crippen molar-refractivity contribution in [3.05, 3.63) is 18.1 Å². The first-order valence-electron chi connectivity index (χ1n) is 7.37. The molecule has 1 aliphatic heterocycles. The van der Waals surface area contributed by atoms with Crippen molar-refractivity contribution in [3.63, 3.8) is 0 Å². The summed E-state index contributed by atoms with van der Waals surface area (Å²) in [4.78, 5) is 25.7. The molecule has 1 aromatic rings. The third kappa shape index (κ3) is 4.62. The number of piperazine rings is 1. The second kappa shape index (κ2) is 7.48. The van der Waals surface area contributed by atoms with Gasteiger partial charge in [-0.3, -0.25) is 14.7 Å². The molecule has 1 saturated heterocycles. The molecule has 1 aromatic heterocycles. The first kappa shape index (κ1) is 16.6. The van der Waals surface area contributed by atoms with Gasteiger partial charge in [0.15, 0.2) is 0 Å². The van der Waals surface area contributed by atoms with Gasteiger partial charge in [-0.25, -0.2) is 4.98 Å². The molecule has 1 amide bonds. The summed E-state index contributed by atoms with van der Waals surface area (Å²) in [6.07, 6.45) is 2.67. The van der Waals surface area contributed by atoms with Crippen LogP contribution in [0.1, 0.15) is 10.5 Å². The molecule has 2 heterocycles. The van der Waals surface area contributed by atoms with E-state index >= 15 is 0 Å². The van der Waals surface area contributed by atoms with Gasteiger partial charge in [-0.05, 0) is 14.1 Å². The highest BCUT2D eigenvalue weighted by Crippen LogP contribution is 2.13. The highest BCUT2D eigenvalue weighted by Gasteiger charge is 2.21. The number of amides is 1. The fourth-order valence-corrected chi connectivity index (χ4v) is 2.56. The van der Waals surface area contributed by atoms with Crippen LogP contribution in [0.4, 0.5) is 5.82 Å². The van der Waals surface area contributed by atoms with Crippen LogP contribution < -0.4 is 10.6 Å². The third-order valence-corrected chi connectivity index (χ3v) is 3.62. The molecule has 0 unspecified atom stereocenters. The number of anilines is 1. The van der Waals surface area contributed by atoms with Gasteiger partial charge in [0.1, 0.15) is 11.5 Å². The molecule has 0 spiro atoms. The van der Waals surface area contributed by atoms with Gasteiger partial charge in [-0.1, -0.05) is 0 Å². The number of likely N-dealkylation sites (N-methyl/N-ethyl adjacent to an activating group) is 1. The Morgan fingerprint density at radius 2 is 2.05 bits per heavy atom. The number of carbonyl (C=O) groups excluding carboxylic acids is 1. The van der Waals surface area contributed by atoms with Gasteiger partial charge >= 0.3 is 0 Å². The summed E-state index contributed by atoms with van der Waals surface area (Å²) in [5, 5.41) is 9.98. The lowest BCUT2D eigenvalue weighted by atomic mass is 10.2. The van der Waals surface area contributed by atoms with E-state index in [0.717, 1.165) is 26.2 Å². The molecule has 1 aliphatic rings. The number of β-amino-alcohol motifs (C(OH)–C–C–N with tert-alkyl or cyclic N) is 1. The smallest absolute Gasteiger partial charge is 0.268 e. The molecule has 0 aliphatic carbocycles. The summed E-state index contributed by atoms with van der Waals surface area (Å²) < 4.78 is 0. The van der Waals surface area contributed by atoms with E-state index in [1.807, 2.05) is 19.0 Å². The largest absolute Gasteiger partial charge is 0.390 e. The average Bonchev–Trinajstić information content (AvgIpc) is 2.47. The monoisotopic (exact) mass is 308 g/mol. The van der Waals surface area contributed by atoms with Gasteiger partial charge in [-0.2, -0.15) is 0 Å². The maximum Gasteiger partial charge on any atom is 0.268 e. The first-order valence-corrected chi connectivity index (χ1v) is 7.37. The number of hydrogen-bond acceptors (Lipinski definition) is 7. The minimum Gasteiger partial charge on any atom is -0.390 e. The molecule has 1 atom stereocenters. The van der Waals surface area contributed by atoms with E-state index in [4.69, 9.17) is 5.73 Å². The minimum atomic E-state index is -0.570. The summed E-state index contributed by atoms with van der Waals surface area (Å²) in [5.41, 5.74) is 5.41. The Labute approximate surface area is 130 Å².